The van der Waals surface area contributed by atoms with Crippen molar-refractivity contribution in [2.24, 2.45) is 0 Å². The molecule has 1 rings (SSSR count). The van der Waals surface area contributed by atoms with Gasteiger partial charge in [-0.2, -0.15) is 0 Å². The van der Waals surface area contributed by atoms with Crippen LogP contribution in [0.2, 0.25) is 0 Å². The first-order valence-corrected chi connectivity index (χ1v) is 7.93. The molecule has 0 aliphatic carbocycles. The molecule has 2 N–H and O–H groups in total. The van der Waals surface area contributed by atoms with Gasteiger partial charge >= 0.3 is 0 Å². The largest absolute Gasteiger partial charge is 0.396 e. The van der Waals surface area contributed by atoms with Gasteiger partial charge in [-0.1, -0.05) is 44.2 Å². The van der Waals surface area contributed by atoms with Gasteiger partial charge in [-0.15, -0.1) is 0 Å². The minimum absolute atomic E-state index is 0.284. The van der Waals surface area contributed by atoms with E-state index >= 15 is 0 Å². The van der Waals surface area contributed by atoms with Crippen LogP contribution >= 0.6 is 0 Å². The summed E-state index contributed by atoms with van der Waals surface area (Å²) >= 11 is 0. The summed E-state index contributed by atoms with van der Waals surface area (Å²) in [5, 5.41) is 12.6. The van der Waals surface area contributed by atoms with Crippen LogP contribution in [0.15, 0.2) is 30.3 Å². The molecular weight excluding hydrogens is 248 g/mol. The minimum Gasteiger partial charge on any atom is -0.396 e. The van der Waals surface area contributed by atoms with E-state index in [1.165, 1.54) is 5.56 Å². The zero-order valence-electron chi connectivity index (χ0n) is 13.0. The van der Waals surface area contributed by atoms with Crippen LogP contribution in [0.3, 0.4) is 0 Å². The molecule has 0 saturated heterocycles. The lowest BCUT2D eigenvalue weighted by Crippen LogP contribution is -2.31. The molecule has 3 heteroatoms. The fourth-order valence-electron chi connectivity index (χ4n) is 2.42. The zero-order valence-corrected chi connectivity index (χ0v) is 13.0. The maximum atomic E-state index is 8.94. The second-order valence-corrected chi connectivity index (χ2v) is 5.22. The number of aliphatic hydroxyl groups is 1. The summed E-state index contributed by atoms with van der Waals surface area (Å²) in [4.78, 5) is 2.42. The lowest BCUT2D eigenvalue weighted by molar-refractivity contribution is 0.222. The highest BCUT2D eigenvalue weighted by molar-refractivity contribution is 5.18. The second-order valence-electron chi connectivity index (χ2n) is 5.22. The van der Waals surface area contributed by atoms with E-state index in [2.05, 4.69) is 54.4 Å². The molecule has 0 amide bonds. The van der Waals surface area contributed by atoms with E-state index in [1.807, 2.05) is 0 Å². The molecule has 0 spiro atoms. The summed E-state index contributed by atoms with van der Waals surface area (Å²) in [6.07, 6.45) is 3.14. The second kappa shape index (κ2) is 10.8. The number of benzene rings is 1. The van der Waals surface area contributed by atoms with Gasteiger partial charge in [0.2, 0.25) is 0 Å². The average Bonchev–Trinajstić information content (AvgIpc) is 2.51. The monoisotopic (exact) mass is 278 g/mol. The molecule has 0 aliphatic heterocycles. The summed E-state index contributed by atoms with van der Waals surface area (Å²) in [7, 11) is 0. The molecule has 1 aromatic rings. The summed E-state index contributed by atoms with van der Waals surface area (Å²) < 4.78 is 0. The van der Waals surface area contributed by atoms with Gasteiger partial charge in [-0.05, 0) is 44.5 Å². The molecule has 114 valence electrons. The maximum Gasteiger partial charge on any atom is 0.0443 e. The maximum absolute atomic E-state index is 8.94. The third kappa shape index (κ3) is 6.51. The molecule has 0 aromatic heterocycles. The van der Waals surface area contributed by atoms with Crippen molar-refractivity contribution in [1.82, 2.24) is 10.2 Å². The Morgan fingerprint density at radius 2 is 1.90 bits per heavy atom. The van der Waals surface area contributed by atoms with Crippen LogP contribution in [0, 0.1) is 0 Å². The molecule has 0 heterocycles. The Hall–Kier alpha value is -0.900. The number of hydrogen-bond acceptors (Lipinski definition) is 3. The molecule has 3 nitrogen and oxygen atoms in total. The van der Waals surface area contributed by atoms with Gasteiger partial charge in [0.25, 0.3) is 0 Å². The Bertz CT molecular complexity index is 329. The van der Waals surface area contributed by atoms with Crippen molar-refractivity contribution in [3.63, 3.8) is 0 Å². The molecule has 0 radical (unpaired) electrons. The van der Waals surface area contributed by atoms with E-state index in [9.17, 15) is 0 Å². The van der Waals surface area contributed by atoms with Gasteiger partial charge in [-0.3, -0.25) is 0 Å². The molecular formula is C17H30N2O. The van der Waals surface area contributed by atoms with Crippen LogP contribution in [0.5, 0.6) is 0 Å². The standard InChI is InChI=1S/C17H30N2O/c1-3-12-18-17(16-9-6-5-7-10-16)11-14-19(4-2)13-8-15-20/h5-7,9-10,17-18,20H,3-4,8,11-15H2,1-2H3. The van der Waals surface area contributed by atoms with Gasteiger partial charge in [-0.25, -0.2) is 0 Å². The van der Waals surface area contributed by atoms with Crippen LogP contribution in [0.1, 0.15) is 44.7 Å². The summed E-state index contributed by atoms with van der Waals surface area (Å²) in [5.74, 6) is 0. The Morgan fingerprint density at radius 3 is 2.50 bits per heavy atom. The minimum atomic E-state index is 0.284. The van der Waals surface area contributed by atoms with E-state index in [-0.39, 0.29) is 6.61 Å². The SMILES string of the molecule is CCCNC(CCN(CC)CCCO)c1ccccc1. The fraction of sp³-hybridized carbons (Fsp3) is 0.647. The fourth-order valence-corrected chi connectivity index (χ4v) is 2.42. The van der Waals surface area contributed by atoms with Crippen molar-refractivity contribution >= 4 is 0 Å². The molecule has 0 saturated carbocycles. The first-order valence-electron chi connectivity index (χ1n) is 7.93. The molecule has 0 fully saturated rings. The first-order chi connectivity index (χ1) is 9.81. The summed E-state index contributed by atoms with van der Waals surface area (Å²) in [6.45, 7) is 8.85. The highest BCUT2D eigenvalue weighted by Gasteiger charge is 2.12. The quantitative estimate of drug-likeness (QED) is 0.653. The molecule has 1 atom stereocenters. The lowest BCUT2D eigenvalue weighted by atomic mass is 10.0. The third-order valence-corrected chi connectivity index (χ3v) is 3.66. The predicted molar refractivity (Wildman–Crippen MR) is 85.9 cm³/mol. The first kappa shape index (κ1) is 17.2. The molecule has 0 aliphatic rings. The van der Waals surface area contributed by atoms with Crippen molar-refractivity contribution < 1.29 is 5.11 Å². The van der Waals surface area contributed by atoms with Crippen molar-refractivity contribution in [1.29, 1.82) is 0 Å². The van der Waals surface area contributed by atoms with Gasteiger partial charge in [0.1, 0.15) is 0 Å². The van der Waals surface area contributed by atoms with Crippen LogP contribution in [-0.2, 0) is 0 Å². The zero-order chi connectivity index (χ0) is 14.6. The smallest absolute Gasteiger partial charge is 0.0443 e. The average molecular weight is 278 g/mol. The molecule has 0 bridgehead atoms. The third-order valence-electron chi connectivity index (χ3n) is 3.66. The van der Waals surface area contributed by atoms with E-state index in [4.69, 9.17) is 5.11 Å². The lowest BCUT2D eigenvalue weighted by Gasteiger charge is -2.25. The number of nitrogens with one attached hydrogen (secondary N) is 1. The van der Waals surface area contributed by atoms with Crippen LogP contribution < -0.4 is 5.32 Å². The highest BCUT2D eigenvalue weighted by Crippen LogP contribution is 2.17. The van der Waals surface area contributed by atoms with Crippen molar-refractivity contribution in [2.45, 2.75) is 39.2 Å². The Morgan fingerprint density at radius 1 is 1.15 bits per heavy atom. The molecule has 1 aromatic carbocycles. The van der Waals surface area contributed by atoms with E-state index in [0.717, 1.165) is 45.4 Å². The summed E-state index contributed by atoms with van der Waals surface area (Å²) in [5.41, 5.74) is 1.37. The molecule has 20 heavy (non-hydrogen) atoms. The number of aliphatic hydroxyl groups excluding tert-OH is 1. The number of hydrogen-bond donors (Lipinski definition) is 2. The number of rotatable bonds is 11. The van der Waals surface area contributed by atoms with Gasteiger partial charge in [0.05, 0.1) is 0 Å². The van der Waals surface area contributed by atoms with E-state index in [1.54, 1.807) is 0 Å². The van der Waals surface area contributed by atoms with Crippen molar-refractivity contribution in [2.75, 3.05) is 32.8 Å². The Kier molecular flexibility index (Phi) is 9.29. The highest BCUT2D eigenvalue weighted by atomic mass is 16.3. The number of nitrogens with zero attached hydrogens (tertiary/aromatic N) is 1. The molecule has 1 unspecified atom stereocenters. The van der Waals surface area contributed by atoms with Gasteiger partial charge < -0.3 is 15.3 Å². The van der Waals surface area contributed by atoms with E-state index < -0.39 is 0 Å². The predicted octanol–water partition coefficient (Wildman–Crippen LogP) is 2.82. The van der Waals surface area contributed by atoms with Crippen LogP contribution in [0.4, 0.5) is 0 Å². The van der Waals surface area contributed by atoms with Crippen molar-refractivity contribution in [3.05, 3.63) is 35.9 Å². The van der Waals surface area contributed by atoms with Gasteiger partial charge in [0.15, 0.2) is 0 Å². The van der Waals surface area contributed by atoms with Crippen LogP contribution in [-0.4, -0.2) is 42.8 Å². The Labute approximate surface area is 124 Å². The van der Waals surface area contributed by atoms with E-state index in [0.29, 0.717) is 6.04 Å². The Balaban J connectivity index is 2.51. The van der Waals surface area contributed by atoms with Crippen LogP contribution in [0.25, 0.3) is 0 Å². The topological polar surface area (TPSA) is 35.5 Å². The summed E-state index contributed by atoms with van der Waals surface area (Å²) in [6, 6.07) is 11.1. The van der Waals surface area contributed by atoms with Gasteiger partial charge in [0, 0.05) is 19.2 Å². The normalized spacial score (nSPS) is 12.8. The van der Waals surface area contributed by atoms with Crippen molar-refractivity contribution in [3.8, 4) is 0 Å².